The second-order valence-corrected chi connectivity index (χ2v) is 21.3. The third kappa shape index (κ3) is 23.7. The average molecular weight is 1230 g/mol. The van der Waals surface area contributed by atoms with Crippen LogP contribution in [0.5, 0.6) is 5.75 Å². The van der Waals surface area contributed by atoms with E-state index in [0.717, 1.165) is 10.9 Å². The van der Waals surface area contributed by atoms with Crippen molar-refractivity contribution in [1.29, 1.82) is 0 Å². The van der Waals surface area contributed by atoms with Crippen LogP contribution in [0.15, 0.2) is 90.1 Å². The highest BCUT2D eigenvalue weighted by Gasteiger charge is 2.35. The number of carbonyl (C=O) groups excluding carboxylic acids is 9. The largest absolute Gasteiger partial charge is 0.508 e. The summed E-state index contributed by atoms with van der Waals surface area (Å²) < 4.78 is 0. The minimum absolute atomic E-state index is 0.0701. The highest BCUT2D eigenvalue weighted by molar-refractivity contribution is 5.99. The first-order valence-corrected chi connectivity index (χ1v) is 28.8. The number of hydrogen-bond acceptors (Lipinski definition) is 15. The van der Waals surface area contributed by atoms with E-state index in [1.54, 1.807) is 61.7 Å². The SMILES string of the molecule is CC[C@H](C)[C@H](N)C(=O)NCC(=O)N[C@@H](Cc1c[nH]c2ccccc12)C(=O)N[C@@H](CCCCN)C(=O)N[C@@H](CC(=O)O)C(=O)N[C@@H](Cc1ccccc1)C(=O)N[C@@H](C)C(=O)N[C@@H](C)C(=O)N[C@@H](Cc1ccc(O)cc1)C(=O)N[C@@H](CCCN=C(N)N)C(=O)O. The summed E-state index contributed by atoms with van der Waals surface area (Å²) in [5.41, 5.74) is 24.8. The molecule has 0 aliphatic heterocycles. The number of carboxylic acids is 2. The number of para-hydroxylation sites is 1. The minimum atomic E-state index is -1.87. The molecule has 3 aromatic carbocycles. The molecule has 1 heterocycles. The number of aliphatic carboxylic acids is 2. The molecule has 0 saturated heterocycles. The maximum Gasteiger partial charge on any atom is 0.326 e. The van der Waals surface area contributed by atoms with E-state index >= 15 is 0 Å². The third-order valence-electron chi connectivity index (χ3n) is 14.3. The molecule has 88 heavy (non-hydrogen) atoms. The van der Waals surface area contributed by atoms with Crippen molar-refractivity contribution < 1.29 is 68.1 Å². The van der Waals surface area contributed by atoms with Gasteiger partial charge in [0.1, 0.15) is 54.1 Å². The Labute approximate surface area is 508 Å². The number of aliphatic imine (C=N–C) groups is 1. The van der Waals surface area contributed by atoms with E-state index in [-0.39, 0.29) is 75.7 Å². The Hall–Kier alpha value is -9.64. The van der Waals surface area contributed by atoms with E-state index in [0.29, 0.717) is 29.5 Å². The molecule has 0 unspecified atom stereocenters. The average Bonchev–Trinajstić information content (AvgIpc) is 4.12. The van der Waals surface area contributed by atoms with Gasteiger partial charge in [0.25, 0.3) is 0 Å². The van der Waals surface area contributed by atoms with Gasteiger partial charge in [0.05, 0.1) is 19.0 Å². The van der Waals surface area contributed by atoms with E-state index in [4.69, 9.17) is 22.9 Å². The number of hydrogen-bond donors (Lipinski definition) is 17. The quantitative estimate of drug-likeness (QED) is 0.0133. The summed E-state index contributed by atoms with van der Waals surface area (Å²) in [4.78, 5) is 156. The Bertz CT molecular complexity index is 3070. The van der Waals surface area contributed by atoms with Crippen LogP contribution in [0.25, 0.3) is 10.9 Å². The summed E-state index contributed by atoms with van der Waals surface area (Å²) in [7, 11) is 0. The lowest BCUT2D eigenvalue weighted by molar-refractivity contribution is -0.142. The molecule has 29 heteroatoms. The number of aromatic hydroxyl groups is 1. The number of nitrogens with one attached hydrogen (secondary N) is 10. The molecule has 4 aromatic rings. The highest BCUT2D eigenvalue weighted by atomic mass is 16.4. The molecular weight excluding hydrogens is 1140 g/mol. The van der Waals surface area contributed by atoms with Crippen molar-refractivity contribution in [3.05, 3.63) is 102 Å². The lowest BCUT2D eigenvalue weighted by Gasteiger charge is -2.27. The van der Waals surface area contributed by atoms with Crippen molar-refractivity contribution in [2.75, 3.05) is 19.6 Å². The number of fused-ring (bicyclic) bond motifs is 1. The predicted octanol–water partition coefficient (Wildman–Crippen LogP) is -1.95. The van der Waals surface area contributed by atoms with Crippen molar-refractivity contribution >= 4 is 82.0 Å². The van der Waals surface area contributed by atoms with Crippen LogP contribution in [-0.4, -0.2) is 165 Å². The smallest absolute Gasteiger partial charge is 0.326 e. The number of aromatic amines is 1. The minimum Gasteiger partial charge on any atom is -0.508 e. The summed E-state index contributed by atoms with van der Waals surface area (Å²) >= 11 is 0. The number of nitrogens with two attached hydrogens (primary N) is 4. The molecule has 0 aliphatic rings. The Kier molecular flexibility index (Phi) is 28.8. The van der Waals surface area contributed by atoms with Gasteiger partial charge in [0.2, 0.25) is 53.2 Å². The first-order valence-electron chi connectivity index (χ1n) is 28.8. The number of benzene rings is 3. The lowest BCUT2D eigenvalue weighted by Crippen LogP contribution is -2.60. The van der Waals surface area contributed by atoms with Crippen molar-refractivity contribution in [3.8, 4) is 5.75 Å². The van der Waals surface area contributed by atoms with E-state index in [1.807, 2.05) is 13.0 Å². The molecule has 9 amide bonds. The third-order valence-corrected chi connectivity index (χ3v) is 14.3. The van der Waals surface area contributed by atoms with Gasteiger partial charge >= 0.3 is 11.9 Å². The van der Waals surface area contributed by atoms with Crippen LogP contribution in [-0.2, 0) is 72.0 Å². The Morgan fingerprint density at radius 2 is 1.06 bits per heavy atom. The first kappa shape index (κ1) is 70.8. The molecule has 29 nitrogen and oxygen atoms in total. The van der Waals surface area contributed by atoms with Gasteiger partial charge in [-0.15, -0.1) is 0 Å². The standard InChI is InChI=1S/C59H83N15O14/c1-5-32(2)49(61)57(86)66-31-47(76)69-45(28-37-30-65-40-17-10-9-16-39(37)40)55(84)70-41(18-11-12-24-60)52(81)74-46(29-48(77)78)56(85)73-43(26-35-14-7-6-8-15-35)53(82)68-33(3)50(79)67-34(4)51(80)72-44(27-36-20-22-38(75)23-21-36)54(83)71-42(58(87)88)19-13-25-64-59(62)63/h6-10,14-17,20-23,30,32-34,41-46,49,65,75H,5,11-13,18-19,24-29,31,60-61H2,1-4H3,(H,66,86)(H,67,79)(H,68,82)(H,69,76)(H,70,84)(H,71,83)(H,72,80)(H,73,85)(H,74,81)(H,77,78)(H,87,88)(H4,62,63,64)/t32-,33-,34-,41-,42-,43-,44-,45-,46-,49-/m0/s1. The summed E-state index contributed by atoms with van der Waals surface area (Å²) in [6, 6.07) is 8.37. The van der Waals surface area contributed by atoms with Crippen molar-refractivity contribution in [2.45, 2.75) is 146 Å². The molecule has 0 radical (unpaired) electrons. The Morgan fingerprint density at radius 1 is 0.557 bits per heavy atom. The Morgan fingerprint density at radius 3 is 1.66 bits per heavy atom. The number of H-pyrrole nitrogens is 1. The van der Waals surface area contributed by atoms with E-state index in [2.05, 4.69) is 57.8 Å². The summed E-state index contributed by atoms with van der Waals surface area (Å²) in [6.45, 7) is 5.92. The fourth-order valence-corrected chi connectivity index (χ4v) is 8.98. The van der Waals surface area contributed by atoms with E-state index in [9.17, 15) is 68.1 Å². The summed E-state index contributed by atoms with van der Waals surface area (Å²) in [6.07, 6.45) is 1.40. The number of nitrogens with zero attached hydrogens (tertiary/aromatic N) is 1. The van der Waals surface area contributed by atoms with Gasteiger partial charge < -0.3 is 91.1 Å². The number of guanidine groups is 1. The molecule has 4 rings (SSSR count). The van der Waals surface area contributed by atoms with Crippen LogP contribution in [0.4, 0.5) is 0 Å². The number of amides is 9. The van der Waals surface area contributed by atoms with Crippen LogP contribution in [0.3, 0.4) is 0 Å². The van der Waals surface area contributed by atoms with E-state index in [1.165, 1.54) is 38.1 Å². The normalized spacial score (nSPS) is 14.4. The van der Waals surface area contributed by atoms with Gasteiger partial charge in [-0.1, -0.05) is 80.9 Å². The molecule has 0 bridgehead atoms. The van der Waals surface area contributed by atoms with Gasteiger partial charge in [-0.3, -0.25) is 52.9 Å². The second-order valence-electron chi connectivity index (χ2n) is 21.3. The predicted molar refractivity (Wildman–Crippen MR) is 324 cm³/mol. The van der Waals surface area contributed by atoms with Gasteiger partial charge in [-0.2, -0.15) is 0 Å². The number of carbonyl (C=O) groups is 11. The topological polar surface area (TPSA) is 489 Å². The van der Waals surface area contributed by atoms with Crippen molar-refractivity contribution in [3.63, 3.8) is 0 Å². The van der Waals surface area contributed by atoms with Crippen LogP contribution >= 0.6 is 0 Å². The second kappa shape index (κ2) is 35.7. The molecule has 0 aliphatic carbocycles. The maximum atomic E-state index is 14.4. The molecule has 478 valence electrons. The first-order chi connectivity index (χ1) is 41.8. The van der Waals surface area contributed by atoms with Gasteiger partial charge in [-0.25, -0.2) is 4.79 Å². The number of rotatable bonds is 37. The molecule has 1 aromatic heterocycles. The summed E-state index contributed by atoms with van der Waals surface area (Å²) in [5, 5.41) is 53.0. The molecule has 0 saturated carbocycles. The lowest BCUT2D eigenvalue weighted by atomic mass is 9.99. The molecule has 0 spiro atoms. The maximum absolute atomic E-state index is 14.4. The van der Waals surface area contributed by atoms with Gasteiger partial charge in [0, 0.05) is 42.9 Å². The molecule has 0 fully saturated rings. The van der Waals surface area contributed by atoms with E-state index < -0.39 is 132 Å². The fourth-order valence-electron chi connectivity index (χ4n) is 8.98. The Balaban J connectivity index is 1.52. The highest BCUT2D eigenvalue weighted by Crippen LogP contribution is 2.20. The van der Waals surface area contributed by atoms with Crippen molar-refractivity contribution in [2.24, 2.45) is 33.8 Å². The fraction of sp³-hybridized carbons (Fsp3) is 0.458. The van der Waals surface area contributed by atoms with Crippen LogP contribution in [0, 0.1) is 5.92 Å². The zero-order valence-electron chi connectivity index (χ0n) is 49.6. The van der Waals surface area contributed by atoms with Gasteiger partial charge in [-0.05, 0) is 93.3 Å². The molecule has 21 N–H and O–H groups in total. The number of aromatic nitrogens is 1. The van der Waals surface area contributed by atoms with Crippen LogP contribution in [0.1, 0.15) is 89.3 Å². The number of phenols is 1. The number of unbranched alkanes of at least 4 members (excludes halogenated alkanes) is 1. The molecular formula is C59H83N15O14. The zero-order chi connectivity index (χ0) is 65.0. The monoisotopic (exact) mass is 1230 g/mol. The zero-order valence-corrected chi connectivity index (χ0v) is 49.6. The number of carboxylic acid groups (broad SMARTS) is 2. The van der Waals surface area contributed by atoms with Gasteiger partial charge in [0.15, 0.2) is 5.96 Å². The number of phenolic OH excluding ortho intramolecular Hbond substituents is 1. The molecule has 10 atom stereocenters. The van der Waals surface area contributed by atoms with Crippen molar-refractivity contribution in [1.82, 2.24) is 52.8 Å². The summed E-state index contributed by atoms with van der Waals surface area (Å²) in [5.74, 6) is -11.4. The van der Waals surface area contributed by atoms with Crippen LogP contribution in [0.2, 0.25) is 0 Å². The van der Waals surface area contributed by atoms with Crippen LogP contribution < -0.4 is 70.8 Å².